The number of urea groups is 1. The third-order valence-corrected chi connectivity index (χ3v) is 19.8. The van der Waals surface area contributed by atoms with Crippen molar-refractivity contribution >= 4 is 197 Å². The van der Waals surface area contributed by atoms with E-state index in [0.29, 0.717) is 13.0 Å². The second-order valence-electron chi connectivity index (χ2n) is 28.3. The van der Waals surface area contributed by atoms with E-state index in [0.717, 1.165) is 136 Å². The summed E-state index contributed by atoms with van der Waals surface area (Å²) >= 11 is 6.98. The second kappa shape index (κ2) is 48.1. The first-order valence-corrected chi connectivity index (χ1v) is 40.6. The summed E-state index contributed by atoms with van der Waals surface area (Å²) in [6, 6.07) is 85.8. The Morgan fingerprint density at radius 1 is 0.475 bits per heavy atom. The van der Waals surface area contributed by atoms with Crippen LogP contribution in [0.15, 0.2) is 326 Å². The number of nitrogens with two attached hydrogens (primary N) is 2. The maximum Gasteiger partial charge on any atom is 0.324 e. The molecule has 0 aliphatic carbocycles. The van der Waals surface area contributed by atoms with E-state index in [2.05, 4.69) is 195 Å². The third-order valence-electron chi connectivity index (χ3n) is 18.4. The predicted molar refractivity (Wildman–Crippen MR) is 517 cm³/mol. The smallest absolute Gasteiger partial charge is 0.324 e. The van der Waals surface area contributed by atoms with Crippen LogP contribution in [0.5, 0.6) is 0 Å². The number of halogens is 2. The molecule has 122 heavy (non-hydrogen) atoms. The minimum Gasteiger partial charge on any atom is -0.398 e. The summed E-state index contributed by atoms with van der Waals surface area (Å²) in [5.41, 5.74) is 26.7. The molecule has 1 radical (unpaired) electrons. The van der Waals surface area contributed by atoms with E-state index in [9.17, 15) is 19.5 Å². The molecule has 11 aromatic carbocycles. The molecule has 16 rings (SSSR count). The molecule has 0 fully saturated rings. The molecule has 0 spiro atoms. The van der Waals surface area contributed by atoms with Crippen LogP contribution in [-0.4, -0.2) is 81.0 Å². The summed E-state index contributed by atoms with van der Waals surface area (Å²) in [7, 11) is 0.837. The van der Waals surface area contributed by atoms with Crippen LogP contribution in [0.25, 0.3) is 102 Å². The number of carbonyl (C=O) groups excluding carboxylic acids is 1. The maximum atomic E-state index is 13.2. The first-order valence-electron chi connectivity index (χ1n) is 39.0. The van der Waals surface area contributed by atoms with Gasteiger partial charge < -0.3 is 37.3 Å². The number of nitrogens with zero attached hydrogens (tertiary/aromatic N) is 6. The first kappa shape index (κ1) is 93.4. The van der Waals surface area contributed by atoms with E-state index in [1.54, 1.807) is 80.8 Å². The zero-order valence-electron chi connectivity index (χ0n) is 68.6. The van der Waals surface area contributed by atoms with Gasteiger partial charge in [-0.05, 0) is 190 Å². The number of anilines is 6. The number of carbonyl (C=O) groups is 1. The molecule has 10 N–H and O–H groups in total. The van der Waals surface area contributed by atoms with E-state index in [4.69, 9.17) is 16.6 Å². The quantitative estimate of drug-likeness (QED) is 0.0131. The summed E-state index contributed by atoms with van der Waals surface area (Å²) in [6.45, 7) is 17.0. The number of hydrogen-bond acceptors (Lipinski definition) is 15. The van der Waals surface area contributed by atoms with Crippen molar-refractivity contribution in [2.45, 2.75) is 53.6 Å². The Morgan fingerprint density at radius 3 is 1.24 bits per heavy atom. The molecular weight excluding hydrogens is 1740 g/mol. The molecule has 5 aromatic heterocycles. The van der Waals surface area contributed by atoms with Gasteiger partial charge in [0.2, 0.25) is 0 Å². The first-order chi connectivity index (χ1) is 58.7. The molecular formula is C97H93B4Br2N12O6Pd. The summed E-state index contributed by atoms with van der Waals surface area (Å²) < 4.78 is 13.4. The summed E-state index contributed by atoms with van der Waals surface area (Å²) in [4.78, 5) is 37.6. The number of aromatic nitrogens is 6. The van der Waals surface area contributed by atoms with Crippen molar-refractivity contribution in [2.24, 2.45) is 0 Å². The van der Waals surface area contributed by atoms with E-state index in [-0.39, 0.29) is 38.4 Å². The molecule has 18 nitrogen and oxygen atoms in total. The van der Waals surface area contributed by atoms with Gasteiger partial charge in [0.05, 0.1) is 17.1 Å². The van der Waals surface area contributed by atoms with Crippen molar-refractivity contribution in [1.82, 2.24) is 29.7 Å². The van der Waals surface area contributed by atoms with Gasteiger partial charge in [-0.1, -0.05) is 259 Å². The zero-order valence-corrected chi connectivity index (χ0v) is 73.4. The zero-order chi connectivity index (χ0) is 85.9. The SMILES string of the molecule is C=Cc1ccncc1.CB(O)Nc1ccc(/C=C/c2ccncc2)c2ccccc12.CB(O)Nc1ccc(Br)c2ccccc12.C[B]OOCB=O.Cc1ccc(-n2nc(C(C)(C)C)cc2NC(=O)Nc2ccc(/C=C/c3ccncc3)c3ccccc23)cc1.Nc1ccc(/C=C/c2ccncc2)c2ccccc12.Nc1ccc(Br)c2ccccc12.[Pd]. The number of aryl methyl sites for hydroxylation is 1. The number of nitrogen functional groups attached to an aromatic ring is 2. The summed E-state index contributed by atoms with van der Waals surface area (Å²) in [5, 5.41) is 46.9. The monoisotopic (exact) mass is 1830 g/mol. The van der Waals surface area contributed by atoms with Crippen LogP contribution in [0, 0.1) is 6.92 Å². The topological polar surface area (TPSA) is 263 Å². The Hall–Kier alpha value is -12.5. The van der Waals surface area contributed by atoms with Crippen molar-refractivity contribution in [3.8, 4) is 5.69 Å². The van der Waals surface area contributed by atoms with Crippen LogP contribution in [0.4, 0.5) is 39.0 Å². The van der Waals surface area contributed by atoms with Gasteiger partial charge in [0.15, 0.2) is 0 Å². The molecule has 0 unspecified atom stereocenters. The van der Waals surface area contributed by atoms with Gasteiger partial charge in [0, 0.05) is 140 Å². The number of benzene rings is 11. The normalized spacial score (nSPS) is 10.6. The van der Waals surface area contributed by atoms with Gasteiger partial charge in [-0.25, -0.2) is 9.48 Å². The standard InChI is InChI=1S/C32H31N5O.C18H17BN2O.C17H14N2.C11H11BBrNO.C10H8BrN.C7H7N.C2H5B2O3.Pd/c1-22-9-14-25(15-10-22)37-30(21-29(36-37)32(2,3)4)35-31(38)34-28-16-13-24(26-7-5-6-8-27(26)28)12-11-23-17-19-33-20-18-23;1-19(22)21-18-9-8-15(16-4-2-3-5-17(16)18)7-6-14-10-12-20-13-11-14;18-17-8-7-14(15-3-1-2-4-16(15)17)6-5-13-9-11-19-12-10-13;1-12(15)14-11-7-6-10(13)8-4-2-3-5-9(8)11;11-9-5-6-10(12)8-4-2-1-3-7(8)9;1-2-7-3-5-8-6-4-7;1-3-7-6-2-4-5;/h5-21H,1-4H3,(H2,34,35,38);2-13,21-22H,1H3;1-12H,18H2;2-7,14-15H,1H3;1-6H,12H2;2-6H,1H2;2H2,1H3;/b12-11+;7-6+;6-5+;;;;;. The Labute approximate surface area is 745 Å². The van der Waals surface area contributed by atoms with E-state index >= 15 is 0 Å². The number of hydrogen-bond donors (Lipinski definition) is 8. The van der Waals surface area contributed by atoms with Crippen LogP contribution in [-0.2, 0) is 40.2 Å². The molecule has 613 valence electrons. The second-order valence-corrected chi connectivity index (χ2v) is 30.1. The summed E-state index contributed by atoms with van der Waals surface area (Å²) in [5.74, 6) is 0.609. The number of fused-ring (bicyclic) bond motifs is 5. The molecule has 0 bridgehead atoms. The number of amides is 2. The van der Waals surface area contributed by atoms with Crippen LogP contribution in [0.2, 0.25) is 20.5 Å². The van der Waals surface area contributed by atoms with Crippen molar-refractivity contribution in [1.29, 1.82) is 0 Å². The van der Waals surface area contributed by atoms with E-state index in [1.807, 2.05) is 219 Å². The predicted octanol–water partition coefficient (Wildman–Crippen LogP) is 23.4. The van der Waals surface area contributed by atoms with Crippen LogP contribution >= 0.6 is 31.9 Å². The van der Waals surface area contributed by atoms with Crippen LogP contribution in [0.3, 0.4) is 0 Å². The third kappa shape index (κ3) is 28.0. The Morgan fingerprint density at radius 2 is 0.828 bits per heavy atom. The molecule has 25 heteroatoms. The molecule has 0 aliphatic heterocycles. The van der Waals surface area contributed by atoms with Crippen molar-refractivity contribution in [3.05, 3.63) is 376 Å². The van der Waals surface area contributed by atoms with Gasteiger partial charge in [-0.15, -0.1) is 0 Å². The number of rotatable bonds is 18. The summed E-state index contributed by atoms with van der Waals surface area (Å²) in [6.07, 6.45) is 28.5. The van der Waals surface area contributed by atoms with E-state index < -0.39 is 14.1 Å². The fraction of sp³-hybridized carbons (Fsp3) is 0.0928. The molecule has 0 atom stereocenters. The Bertz CT molecular complexity index is 6120. The van der Waals surface area contributed by atoms with Gasteiger partial charge in [0.1, 0.15) is 5.82 Å². The molecule has 2 amide bonds. The average Bonchev–Trinajstić information content (AvgIpc) is 1.52. The van der Waals surface area contributed by atoms with Crippen LogP contribution < -0.4 is 32.6 Å². The minimum atomic E-state index is -0.582. The molecule has 0 saturated heterocycles. The Balaban J connectivity index is 0.000000173. The van der Waals surface area contributed by atoms with Gasteiger partial charge in [-0.2, -0.15) is 5.10 Å². The number of nitrogens with one attached hydrogen (secondary N) is 4. The minimum absolute atomic E-state index is 0. The molecule has 5 heterocycles. The van der Waals surface area contributed by atoms with Gasteiger partial charge in [-0.3, -0.25) is 25.3 Å². The fourth-order valence-corrected chi connectivity index (χ4v) is 13.3. The largest absolute Gasteiger partial charge is 0.398 e. The number of pyridine rings is 4. The Kier molecular flexibility index (Phi) is 36.8. The molecule has 0 saturated carbocycles. The van der Waals surface area contributed by atoms with Crippen LogP contribution in [0.1, 0.15) is 71.0 Å². The van der Waals surface area contributed by atoms with Gasteiger partial charge >= 0.3 is 62.5 Å². The molecule has 16 aromatic rings. The van der Waals surface area contributed by atoms with E-state index in [1.165, 1.54) is 18.4 Å². The van der Waals surface area contributed by atoms with Gasteiger partial charge in [0.25, 0.3) is 0 Å². The fourth-order valence-electron chi connectivity index (χ4n) is 12.4. The maximum absolute atomic E-state index is 13.2. The average molecular weight is 1830 g/mol. The van der Waals surface area contributed by atoms with Crippen molar-refractivity contribution < 1.29 is 49.7 Å². The van der Waals surface area contributed by atoms with Crippen molar-refractivity contribution in [3.63, 3.8) is 0 Å². The molecule has 0 aliphatic rings. The van der Waals surface area contributed by atoms with Crippen molar-refractivity contribution in [2.75, 3.05) is 39.1 Å².